The van der Waals surface area contributed by atoms with Crippen molar-refractivity contribution in [1.29, 1.82) is 0 Å². The molecule has 37 heavy (non-hydrogen) atoms. The Morgan fingerprint density at radius 2 is 1.73 bits per heavy atom. The van der Waals surface area contributed by atoms with Crippen LogP contribution >= 0.6 is 0 Å². The van der Waals surface area contributed by atoms with Crippen LogP contribution in [0.2, 0.25) is 0 Å². The molecule has 2 aromatic carbocycles. The minimum atomic E-state index is -0.908. The van der Waals surface area contributed by atoms with E-state index in [9.17, 15) is 14.7 Å². The van der Waals surface area contributed by atoms with Crippen LogP contribution in [-0.4, -0.2) is 61.0 Å². The standard InChI is InChI=1S/C28H35NO8/c1-28(2,3)37-27(32)29-22(26(31)33-4)16-19-10-12-21(13-11-19)35-25-15-14-23(30)24(36-25)18-34-17-20-8-6-5-7-9-20/h5-15,22-25,30H,16-18H2,1-4H3,(H,29,32)/t22-,23+,24+,25+/m0/s1. The van der Waals surface area contributed by atoms with Gasteiger partial charge in [0, 0.05) is 6.42 Å². The number of carbonyl (C=O) groups is 2. The van der Waals surface area contributed by atoms with E-state index in [0.717, 1.165) is 11.1 Å². The number of methoxy groups -OCH3 is 1. The van der Waals surface area contributed by atoms with Crippen molar-refractivity contribution < 1.29 is 38.4 Å². The van der Waals surface area contributed by atoms with Crippen LogP contribution in [0, 0.1) is 0 Å². The number of amides is 1. The van der Waals surface area contributed by atoms with Gasteiger partial charge in [0.15, 0.2) is 0 Å². The number of nitrogens with one attached hydrogen (secondary N) is 1. The Bertz CT molecular complexity index is 1030. The van der Waals surface area contributed by atoms with E-state index in [0.29, 0.717) is 12.4 Å². The van der Waals surface area contributed by atoms with Crippen LogP contribution in [0.5, 0.6) is 5.75 Å². The summed E-state index contributed by atoms with van der Waals surface area (Å²) < 4.78 is 27.5. The summed E-state index contributed by atoms with van der Waals surface area (Å²) in [6.45, 7) is 5.84. The minimum absolute atomic E-state index is 0.207. The molecule has 0 aromatic heterocycles. The number of aliphatic hydroxyl groups excluding tert-OH is 1. The smallest absolute Gasteiger partial charge is 0.408 e. The van der Waals surface area contributed by atoms with E-state index in [1.807, 2.05) is 30.3 Å². The molecule has 200 valence electrons. The zero-order valence-corrected chi connectivity index (χ0v) is 21.6. The fourth-order valence-electron chi connectivity index (χ4n) is 3.56. The second-order valence-corrected chi connectivity index (χ2v) is 9.61. The zero-order valence-electron chi connectivity index (χ0n) is 21.6. The Morgan fingerprint density at radius 1 is 1.03 bits per heavy atom. The van der Waals surface area contributed by atoms with Crippen molar-refractivity contribution in [3.63, 3.8) is 0 Å². The van der Waals surface area contributed by atoms with Crippen LogP contribution in [-0.2, 0) is 36.8 Å². The number of esters is 1. The molecule has 3 rings (SSSR count). The quantitative estimate of drug-likeness (QED) is 0.367. The zero-order chi connectivity index (χ0) is 26.8. The summed E-state index contributed by atoms with van der Waals surface area (Å²) in [5.74, 6) is -0.0422. The molecule has 2 N–H and O–H groups in total. The van der Waals surface area contributed by atoms with Gasteiger partial charge < -0.3 is 34.1 Å². The van der Waals surface area contributed by atoms with Crippen LogP contribution in [0.1, 0.15) is 31.9 Å². The second-order valence-electron chi connectivity index (χ2n) is 9.61. The molecule has 1 heterocycles. The van der Waals surface area contributed by atoms with Crippen molar-refractivity contribution in [2.45, 2.75) is 63.9 Å². The molecule has 0 fully saturated rings. The first-order valence-corrected chi connectivity index (χ1v) is 12.1. The number of hydrogen-bond donors (Lipinski definition) is 2. The van der Waals surface area contributed by atoms with Gasteiger partial charge in [-0.3, -0.25) is 0 Å². The van der Waals surface area contributed by atoms with Gasteiger partial charge in [-0.1, -0.05) is 48.5 Å². The maximum Gasteiger partial charge on any atom is 0.408 e. The molecule has 9 nitrogen and oxygen atoms in total. The van der Waals surface area contributed by atoms with Crippen LogP contribution in [0.15, 0.2) is 66.7 Å². The molecule has 0 spiro atoms. The summed E-state index contributed by atoms with van der Waals surface area (Å²) in [6, 6.07) is 15.9. The molecule has 4 atom stereocenters. The van der Waals surface area contributed by atoms with E-state index in [1.54, 1.807) is 57.2 Å². The predicted molar refractivity (Wildman–Crippen MR) is 136 cm³/mol. The van der Waals surface area contributed by atoms with Crippen LogP contribution in [0.25, 0.3) is 0 Å². The van der Waals surface area contributed by atoms with E-state index < -0.39 is 42.2 Å². The molecule has 1 amide bonds. The lowest BCUT2D eigenvalue weighted by Crippen LogP contribution is -2.45. The van der Waals surface area contributed by atoms with Crippen LogP contribution < -0.4 is 10.1 Å². The third-order valence-corrected chi connectivity index (χ3v) is 5.34. The monoisotopic (exact) mass is 513 g/mol. The summed E-state index contributed by atoms with van der Waals surface area (Å²) in [4.78, 5) is 24.3. The SMILES string of the molecule is COC(=O)[C@H](Cc1ccc(O[C@H]2C=C[C@@H](O)[C@@H](COCc3ccccc3)O2)cc1)NC(=O)OC(C)(C)C. The van der Waals surface area contributed by atoms with Gasteiger partial charge in [-0.2, -0.15) is 0 Å². The molecule has 0 bridgehead atoms. The number of hydrogen-bond acceptors (Lipinski definition) is 8. The van der Waals surface area contributed by atoms with Crippen molar-refractivity contribution in [1.82, 2.24) is 5.32 Å². The van der Waals surface area contributed by atoms with Gasteiger partial charge in [-0.25, -0.2) is 9.59 Å². The van der Waals surface area contributed by atoms with Crippen molar-refractivity contribution in [3.05, 3.63) is 77.9 Å². The third kappa shape index (κ3) is 9.53. The van der Waals surface area contributed by atoms with Crippen molar-refractivity contribution in [2.75, 3.05) is 13.7 Å². The first-order chi connectivity index (χ1) is 17.6. The van der Waals surface area contributed by atoms with Gasteiger partial charge in [-0.05, 0) is 50.1 Å². The Kier molecular flexibility index (Phi) is 10.1. The number of alkyl carbamates (subject to hydrolysis) is 1. The lowest BCUT2D eigenvalue weighted by atomic mass is 10.1. The Balaban J connectivity index is 1.52. The summed E-state index contributed by atoms with van der Waals surface area (Å²) in [6.07, 6.45) is 0.708. The Labute approximate surface area is 217 Å². The highest BCUT2D eigenvalue weighted by atomic mass is 16.7. The Morgan fingerprint density at radius 3 is 2.38 bits per heavy atom. The van der Waals surface area contributed by atoms with E-state index in [2.05, 4.69) is 5.32 Å². The molecule has 0 radical (unpaired) electrons. The largest absolute Gasteiger partial charge is 0.467 e. The maximum atomic E-state index is 12.2. The van der Waals surface area contributed by atoms with Gasteiger partial charge >= 0.3 is 12.1 Å². The Hall–Kier alpha value is -3.40. The number of carbonyl (C=O) groups excluding carboxylic acids is 2. The first kappa shape index (κ1) is 28.2. The summed E-state index contributed by atoms with van der Waals surface area (Å²) in [5, 5.41) is 12.8. The van der Waals surface area contributed by atoms with Gasteiger partial charge in [0.2, 0.25) is 6.29 Å². The lowest BCUT2D eigenvalue weighted by molar-refractivity contribution is -0.152. The molecule has 0 aliphatic carbocycles. The van der Waals surface area contributed by atoms with Gasteiger partial charge in [0.1, 0.15) is 29.6 Å². The lowest BCUT2D eigenvalue weighted by Gasteiger charge is -2.29. The highest BCUT2D eigenvalue weighted by Crippen LogP contribution is 2.21. The maximum absolute atomic E-state index is 12.2. The molecule has 9 heteroatoms. The van der Waals surface area contributed by atoms with E-state index >= 15 is 0 Å². The number of benzene rings is 2. The summed E-state index contributed by atoms with van der Waals surface area (Å²) in [7, 11) is 1.26. The second kappa shape index (κ2) is 13.2. The fourth-order valence-corrected chi connectivity index (χ4v) is 3.56. The molecule has 0 saturated carbocycles. The van der Waals surface area contributed by atoms with Crippen molar-refractivity contribution in [2.24, 2.45) is 0 Å². The first-order valence-electron chi connectivity index (χ1n) is 12.1. The molecular weight excluding hydrogens is 478 g/mol. The van der Waals surface area contributed by atoms with Gasteiger partial charge in [-0.15, -0.1) is 0 Å². The van der Waals surface area contributed by atoms with E-state index in [1.165, 1.54) is 7.11 Å². The summed E-state index contributed by atoms with van der Waals surface area (Å²) in [5.41, 5.74) is 1.12. The van der Waals surface area contributed by atoms with E-state index in [4.69, 9.17) is 23.7 Å². The number of rotatable bonds is 10. The van der Waals surface area contributed by atoms with Crippen LogP contribution in [0.3, 0.4) is 0 Å². The highest BCUT2D eigenvalue weighted by Gasteiger charge is 2.28. The van der Waals surface area contributed by atoms with Gasteiger partial charge in [0.25, 0.3) is 0 Å². The van der Waals surface area contributed by atoms with Crippen LogP contribution in [0.4, 0.5) is 4.79 Å². The minimum Gasteiger partial charge on any atom is -0.467 e. The van der Waals surface area contributed by atoms with Crippen molar-refractivity contribution in [3.8, 4) is 5.75 Å². The topological polar surface area (TPSA) is 113 Å². The fraction of sp³-hybridized carbons (Fsp3) is 0.429. The number of ether oxygens (including phenoxy) is 5. The highest BCUT2D eigenvalue weighted by molar-refractivity contribution is 5.81. The average Bonchev–Trinajstić information content (AvgIpc) is 2.85. The molecule has 0 unspecified atom stereocenters. The van der Waals surface area contributed by atoms with Gasteiger partial charge in [0.05, 0.1) is 20.3 Å². The van der Waals surface area contributed by atoms with Crippen molar-refractivity contribution >= 4 is 12.1 Å². The molecule has 2 aromatic rings. The summed E-state index contributed by atoms with van der Waals surface area (Å²) >= 11 is 0. The van der Waals surface area contributed by atoms with E-state index in [-0.39, 0.29) is 13.0 Å². The molecule has 0 saturated heterocycles. The molecule has 1 aliphatic heterocycles. The molecule has 1 aliphatic rings. The number of aliphatic hydroxyl groups is 1. The normalized spacial score (nSPS) is 20.1. The third-order valence-electron chi connectivity index (χ3n) is 5.34. The molecular formula is C28H35NO8. The predicted octanol–water partition coefficient (Wildman–Crippen LogP) is 3.53. The average molecular weight is 514 g/mol.